The third-order valence-corrected chi connectivity index (χ3v) is 4.88. The molecule has 0 bridgehead atoms. The molecule has 0 aliphatic carbocycles. The van der Waals surface area contributed by atoms with Gasteiger partial charge in [-0.15, -0.1) is 0 Å². The van der Waals surface area contributed by atoms with Gasteiger partial charge in [-0.05, 0) is 37.1 Å². The zero-order chi connectivity index (χ0) is 14.8. The van der Waals surface area contributed by atoms with E-state index >= 15 is 0 Å². The van der Waals surface area contributed by atoms with Crippen molar-refractivity contribution in [1.29, 1.82) is 0 Å². The van der Waals surface area contributed by atoms with Crippen LogP contribution in [-0.2, 0) is 10.0 Å². The number of rotatable bonds is 5. The summed E-state index contributed by atoms with van der Waals surface area (Å²) in [4.78, 5) is 0.246. The standard InChI is InChI=1S/C15H19NO3S/c1-3-4-15(17)13-9-10-16(11-13)20(18,19)14-7-5-12(2)6-8-14/h5-11,15,17H,3-4H2,1-2H3. The molecule has 0 saturated carbocycles. The Kier molecular flexibility index (Phi) is 4.30. The van der Waals surface area contributed by atoms with Crippen molar-refractivity contribution >= 4 is 10.0 Å². The van der Waals surface area contributed by atoms with E-state index in [9.17, 15) is 13.5 Å². The molecule has 4 nitrogen and oxygen atoms in total. The van der Waals surface area contributed by atoms with E-state index in [0.29, 0.717) is 12.0 Å². The van der Waals surface area contributed by atoms with Crippen molar-refractivity contribution in [3.05, 3.63) is 53.9 Å². The molecule has 0 aliphatic rings. The van der Waals surface area contributed by atoms with Gasteiger partial charge in [-0.25, -0.2) is 12.4 Å². The number of hydrogen-bond acceptors (Lipinski definition) is 3. The van der Waals surface area contributed by atoms with E-state index < -0.39 is 16.1 Å². The van der Waals surface area contributed by atoms with Crippen LogP contribution in [0.3, 0.4) is 0 Å². The first-order valence-electron chi connectivity index (χ1n) is 6.63. The molecule has 1 heterocycles. The molecular formula is C15H19NO3S. The number of aliphatic hydroxyl groups excluding tert-OH is 1. The first kappa shape index (κ1) is 14.8. The molecule has 0 fully saturated rings. The summed E-state index contributed by atoms with van der Waals surface area (Å²) in [6.07, 6.45) is 3.80. The summed E-state index contributed by atoms with van der Waals surface area (Å²) in [6.45, 7) is 3.88. The van der Waals surface area contributed by atoms with Crippen LogP contribution in [0.5, 0.6) is 0 Å². The van der Waals surface area contributed by atoms with Crippen LogP contribution >= 0.6 is 0 Å². The van der Waals surface area contributed by atoms with E-state index in [1.807, 2.05) is 13.8 Å². The average molecular weight is 293 g/mol. The molecule has 0 radical (unpaired) electrons. The Morgan fingerprint density at radius 1 is 1.20 bits per heavy atom. The van der Waals surface area contributed by atoms with Gasteiger partial charge in [-0.2, -0.15) is 0 Å². The maximum absolute atomic E-state index is 12.4. The normalized spacial score (nSPS) is 13.3. The van der Waals surface area contributed by atoms with Crippen molar-refractivity contribution in [3.8, 4) is 0 Å². The van der Waals surface area contributed by atoms with Crippen molar-refractivity contribution in [2.24, 2.45) is 0 Å². The van der Waals surface area contributed by atoms with Gasteiger partial charge in [-0.3, -0.25) is 0 Å². The van der Waals surface area contributed by atoms with Crippen LogP contribution in [0.1, 0.15) is 37.0 Å². The van der Waals surface area contributed by atoms with Crippen LogP contribution in [-0.4, -0.2) is 17.5 Å². The maximum Gasteiger partial charge on any atom is 0.267 e. The fourth-order valence-electron chi connectivity index (χ4n) is 2.01. The van der Waals surface area contributed by atoms with Gasteiger partial charge in [-0.1, -0.05) is 31.0 Å². The summed E-state index contributed by atoms with van der Waals surface area (Å²) >= 11 is 0. The van der Waals surface area contributed by atoms with Gasteiger partial charge in [0, 0.05) is 12.4 Å². The Labute approximate surface area is 119 Å². The molecule has 1 aromatic heterocycles. The molecule has 108 valence electrons. The minimum atomic E-state index is -3.58. The zero-order valence-corrected chi connectivity index (χ0v) is 12.5. The Morgan fingerprint density at radius 3 is 2.45 bits per heavy atom. The minimum Gasteiger partial charge on any atom is -0.388 e. The second kappa shape index (κ2) is 5.81. The molecule has 20 heavy (non-hydrogen) atoms. The Hall–Kier alpha value is -1.59. The van der Waals surface area contributed by atoms with Crippen LogP contribution in [0.4, 0.5) is 0 Å². The van der Waals surface area contributed by atoms with Crippen LogP contribution < -0.4 is 0 Å². The summed E-state index contributed by atoms with van der Waals surface area (Å²) in [5, 5.41) is 9.90. The summed E-state index contributed by atoms with van der Waals surface area (Å²) in [7, 11) is -3.58. The quantitative estimate of drug-likeness (QED) is 0.922. The van der Waals surface area contributed by atoms with E-state index in [0.717, 1.165) is 16.0 Å². The molecule has 1 unspecified atom stereocenters. The smallest absolute Gasteiger partial charge is 0.267 e. The number of aryl methyl sites for hydroxylation is 1. The monoisotopic (exact) mass is 293 g/mol. The summed E-state index contributed by atoms with van der Waals surface area (Å²) in [5.74, 6) is 0. The zero-order valence-electron chi connectivity index (χ0n) is 11.7. The molecule has 2 aromatic rings. The minimum absolute atomic E-state index is 0.246. The summed E-state index contributed by atoms with van der Waals surface area (Å²) in [5.41, 5.74) is 1.64. The van der Waals surface area contributed by atoms with Gasteiger partial charge in [0.25, 0.3) is 10.0 Å². The second-order valence-corrected chi connectivity index (χ2v) is 6.74. The Morgan fingerprint density at radius 2 is 1.85 bits per heavy atom. The average Bonchev–Trinajstić information content (AvgIpc) is 2.90. The fourth-order valence-corrected chi connectivity index (χ4v) is 3.22. The van der Waals surface area contributed by atoms with Crippen LogP contribution in [0.15, 0.2) is 47.6 Å². The van der Waals surface area contributed by atoms with Crippen molar-refractivity contribution in [3.63, 3.8) is 0 Å². The number of aliphatic hydroxyl groups is 1. The van der Waals surface area contributed by atoms with Crippen LogP contribution in [0.2, 0.25) is 0 Å². The second-order valence-electron chi connectivity index (χ2n) is 4.90. The molecule has 0 saturated heterocycles. The van der Waals surface area contributed by atoms with E-state index in [2.05, 4.69) is 0 Å². The van der Waals surface area contributed by atoms with Crippen molar-refractivity contribution in [1.82, 2.24) is 3.97 Å². The first-order chi connectivity index (χ1) is 9.45. The fraction of sp³-hybridized carbons (Fsp3) is 0.333. The van der Waals surface area contributed by atoms with Crippen molar-refractivity contribution in [2.75, 3.05) is 0 Å². The molecule has 1 N–H and O–H groups in total. The molecular weight excluding hydrogens is 274 g/mol. The highest BCUT2D eigenvalue weighted by Gasteiger charge is 2.18. The van der Waals surface area contributed by atoms with Gasteiger partial charge in [0.05, 0.1) is 11.0 Å². The van der Waals surface area contributed by atoms with Gasteiger partial charge in [0.15, 0.2) is 0 Å². The lowest BCUT2D eigenvalue weighted by Gasteiger charge is -2.07. The summed E-state index contributed by atoms with van der Waals surface area (Å²) < 4.78 is 26.0. The van der Waals surface area contributed by atoms with Gasteiger partial charge in [0.1, 0.15) is 0 Å². The van der Waals surface area contributed by atoms with Crippen molar-refractivity contribution < 1.29 is 13.5 Å². The molecule has 0 amide bonds. The van der Waals surface area contributed by atoms with E-state index in [1.54, 1.807) is 30.3 Å². The Bertz CT molecular complexity index is 671. The third-order valence-electron chi connectivity index (χ3n) is 3.23. The van der Waals surface area contributed by atoms with Crippen molar-refractivity contribution in [2.45, 2.75) is 37.7 Å². The predicted molar refractivity (Wildman–Crippen MR) is 78.1 cm³/mol. The Balaban J connectivity index is 2.33. The topological polar surface area (TPSA) is 59.3 Å². The van der Waals surface area contributed by atoms with E-state index in [1.165, 1.54) is 12.4 Å². The molecule has 2 rings (SSSR count). The van der Waals surface area contributed by atoms with E-state index in [4.69, 9.17) is 0 Å². The first-order valence-corrected chi connectivity index (χ1v) is 8.07. The molecule has 5 heteroatoms. The largest absolute Gasteiger partial charge is 0.388 e. The number of nitrogens with zero attached hydrogens (tertiary/aromatic N) is 1. The van der Waals surface area contributed by atoms with Crippen LogP contribution in [0.25, 0.3) is 0 Å². The third kappa shape index (κ3) is 2.94. The highest BCUT2D eigenvalue weighted by molar-refractivity contribution is 7.90. The number of benzene rings is 1. The van der Waals surface area contributed by atoms with Gasteiger partial charge >= 0.3 is 0 Å². The van der Waals surface area contributed by atoms with E-state index in [-0.39, 0.29) is 4.90 Å². The maximum atomic E-state index is 12.4. The lowest BCUT2D eigenvalue weighted by molar-refractivity contribution is 0.166. The predicted octanol–water partition coefficient (Wildman–Crippen LogP) is 2.87. The molecule has 1 aromatic carbocycles. The molecule has 1 atom stereocenters. The highest BCUT2D eigenvalue weighted by Crippen LogP contribution is 2.21. The van der Waals surface area contributed by atoms with Gasteiger partial charge in [0.2, 0.25) is 0 Å². The number of aromatic nitrogens is 1. The van der Waals surface area contributed by atoms with Gasteiger partial charge < -0.3 is 5.11 Å². The van der Waals surface area contributed by atoms with Crippen LogP contribution in [0, 0.1) is 6.92 Å². The lowest BCUT2D eigenvalue weighted by Crippen LogP contribution is -2.11. The SMILES string of the molecule is CCCC(O)c1ccn(S(=O)(=O)c2ccc(C)cc2)c1. The number of hydrogen-bond donors (Lipinski definition) is 1. The lowest BCUT2D eigenvalue weighted by atomic mass is 10.1. The molecule has 0 spiro atoms. The summed E-state index contributed by atoms with van der Waals surface area (Å²) in [6, 6.07) is 8.36. The molecule has 0 aliphatic heterocycles. The highest BCUT2D eigenvalue weighted by atomic mass is 32.2.